The Kier molecular flexibility index (Phi) is 3.87. The topological polar surface area (TPSA) is 35.0 Å². The van der Waals surface area contributed by atoms with E-state index in [1.54, 1.807) is 6.07 Å². The number of nitrogens with zero attached hydrogens (tertiary/aromatic N) is 2. The zero-order valence-electron chi connectivity index (χ0n) is 9.94. The predicted molar refractivity (Wildman–Crippen MR) is 80.9 cm³/mol. The molecule has 0 aliphatic rings. The van der Waals surface area contributed by atoms with E-state index in [2.05, 4.69) is 25.9 Å². The van der Waals surface area contributed by atoms with Crippen LogP contribution in [0.5, 0.6) is 5.75 Å². The Morgan fingerprint density at radius 3 is 2.95 bits per heavy atom. The molecule has 0 unspecified atom stereocenters. The number of hydrogen-bond acceptors (Lipinski definition) is 4. The van der Waals surface area contributed by atoms with E-state index in [0.29, 0.717) is 21.2 Å². The van der Waals surface area contributed by atoms with Crippen LogP contribution in [0.1, 0.15) is 5.82 Å². The van der Waals surface area contributed by atoms with Crippen LogP contribution in [0.3, 0.4) is 0 Å². The van der Waals surface area contributed by atoms with Crippen molar-refractivity contribution in [1.29, 1.82) is 0 Å². The van der Waals surface area contributed by atoms with Gasteiger partial charge in [-0.05, 0) is 45.6 Å². The van der Waals surface area contributed by atoms with Crippen molar-refractivity contribution >= 4 is 49.1 Å². The van der Waals surface area contributed by atoms with Gasteiger partial charge in [-0.1, -0.05) is 11.6 Å². The van der Waals surface area contributed by atoms with E-state index < -0.39 is 0 Å². The number of thiophene rings is 1. The number of benzene rings is 1. The highest BCUT2D eigenvalue weighted by atomic mass is 79.9. The van der Waals surface area contributed by atoms with Crippen molar-refractivity contribution in [2.45, 2.75) is 6.61 Å². The molecule has 2 heterocycles. The first-order valence-electron chi connectivity index (χ1n) is 5.61. The minimum atomic E-state index is -0.330. The van der Waals surface area contributed by atoms with Gasteiger partial charge in [0.05, 0.1) is 4.47 Å². The number of rotatable bonds is 3. The summed E-state index contributed by atoms with van der Waals surface area (Å²) in [7, 11) is 0. The van der Waals surface area contributed by atoms with Crippen LogP contribution in [0, 0.1) is 5.82 Å². The third-order valence-corrected chi connectivity index (χ3v) is 4.29. The minimum absolute atomic E-state index is 0.164. The Bertz CT molecular complexity index is 780. The van der Waals surface area contributed by atoms with E-state index >= 15 is 0 Å². The quantitative estimate of drug-likeness (QED) is 0.617. The standard InChI is InChI=1S/C13H7BrClFN2OS/c14-9-5-7(16)1-2-10(9)19-6-11-17-12(15)8-3-4-20-13(8)18-11/h1-5H,6H2. The number of fused-ring (bicyclic) bond motifs is 1. The SMILES string of the molecule is Fc1ccc(OCc2nc(Cl)c3ccsc3n2)c(Br)c1. The van der Waals surface area contributed by atoms with Crippen LogP contribution >= 0.6 is 38.9 Å². The highest BCUT2D eigenvalue weighted by Gasteiger charge is 2.09. The molecule has 0 bridgehead atoms. The van der Waals surface area contributed by atoms with Crippen molar-refractivity contribution in [2.24, 2.45) is 0 Å². The molecule has 0 aliphatic heterocycles. The number of ether oxygens (including phenoxy) is 1. The van der Waals surface area contributed by atoms with Crippen LogP contribution < -0.4 is 4.74 Å². The Hall–Kier alpha value is -1.24. The first-order valence-corrected chi connectivity index (χ1v) is 7.66. The summed E-state index contributed by atoms with van der Waals surface area (Å²) in [6, 6.07) is 6.09. The van der Waals surface area contributed by atoms with E-state index in [-0.39, 0.29) is 12.4 Å². The number of aromatic nitrogens is 2. The molecule has 7 heteroatoms. The Morgan fingerprint density at radius 1 is 1.30 bits per heavy atom. The third kappa shape index (κ3) is 2.77. The summed E-state index contributed by atoms with van der Waals surface area (Å²) in [5, 5.41) is 3.16. The van der Waals surface area contributed by atoms with Crippen molar-refractivity contribution in [3.8, 4) is 5.75 Å². The van der Waals surface area contributed by atoms with Gasteiger partial charge in [-0.3, -0.25) is 0 Å². The first-order chi connectivity index (χ1) is 9.63. The van der Waals surface area contributed by atoms with E-state index in [9.17, 15) is 4.39 Å². The lowest BCUT2D eigenvalue weighted by atomic mass is 10.3. The molecule has 3 rings (SSSR count). The summed E-state index contributed by atoms with van der Waals surface area (Å²) in [4.78, 5) is 9.37. The first kappa shape index (κ1) is 13.7. The van der Waals surface area contributed by atoms with Crippen LogP contribution in [0.15, 0.2) is 34.1 Å². The molecule has 3 nitrogen and oxygen atoms in total. The summed E-state index contributed by atoms with van der Waals surface area (Å²) in [6.07, 6.45) is 0. The fourth-order valence-electron chi connectivity index (χ4n) is 1.66. The Labute approximate surface area is 131 Å². The summed E-state index contributed by atoms with van der Waals surface area (Å²) >= 11 is 10.8. The van der Waals surface area contributed by atoms with Crippen molar-refractivity contribution in [3.05, 3.63) is 50.9 Å². The van der Waals surface area contributed by atoms with Gasteiger partial charge >= 0.3 is 0 Å². The van der Waals surface area contributed by atoms with Crippen molar-refractivity contribution < 1.29 is 9.13 Å². The lowest BCUT2D eigenvalue weighted by Gasteiger charge is -2.07. The molecular formula is C13H7BrClFN2OS. The highest BCUT2D eigenvalue weighted by Crippen LogP contribution is 2.27. The predicted octanol–water partition coefficient (Wildman–Crippen LogP) is 4.83. The van der Waals surface area contributed by atoms with Gasteiger partial charge in [0.1, 0.15) is 28.2 Å². The maximum absolute atomic E-state index is 13.0. The number of halogens is 3. The van der Waals surface area contributed by atoms with Crippen LogP contribution in [-0.4, -0.2) is 9.97 Å². The molecule has 0 atom stereocenters. The number of hydrogen-bond donors (Lipinski definition) is 0. The van der Waals surface area contributed by atoms with Gasteiger partial charge in [0.25, 0.3) is 0 Å². The second kappa shape index (κ2) is 5.63. The van der Waals surface area contributed by atoms with E-state index in [1.807, 2.05) is 11.4 Å². The maximum atomic E-state index is 13.0. The molecule has 0 radical (unpaired) electrons. The van der Waals surface area contributed by atoms with Gasteiger partial charge in [0.2, 0.25) is 0 Å². The van der Waals surface area contributed by atoms with E-state index in [4.69, 9.17) is 16.3 Å². The molecule has 102 valence electrons. The zero-order valence-corrected chi connectivity index (χ0v) is 13.1. The second-order valence-electron chi connectivity index (χ2n) is 3.93. The van der Waals surface area contributed by atoms with Gasteiger partial charge in [-0.2, -0.15) is 0 Å². The lowest BCUT2D eigenvalue weighted by molar-refractivity contribution is 0.294. The van der Waals surface area contributed by atoms with Crippen LogP contribution in [0.2, 0.25) is 5.15 Å². The van der Waals surface area contributed by atoms with E-state index in [0.717, 1.165) is 10.2 Å². The molecule has 0 N–H and O–H groups in total. The van der Waals surface area contributed by atoms with Gasteiger partial charge in [0.15, 0.2) is 5.82 Å². The monoisotopic (exact) mass is 372 g/mol. The molecule has 0 saturated carbocycles. The third-order valence-electron chi connectivity index (χ3n) is 2.58. The molecule has 0 saturated heterocycles. The Morgan fingerprint density at radius 2 is 2.15 bits per heavy atom. The van der Waals surface area contributed by atoms with Gasteiger partial charge in [-0.15, -0.1) is 11.3 Å². The molecule has 2 aromatic heterocycles. The molecule has 0 aliphatic carbocycles. The van der Waals surface area contributed by atoms with Gasteiger partial charge in [0, 0.05) is 5.39 Å². The molecule has 0 amide bonds. The summed E-state index contributed by atoms with van der Waals surface area (Å²) in [5.41, 5.74) is 0. The normalized spacial score (nSPS) is 10.9. The van der Waals surface area contributed by atoms with Crippen LogP contribution in [0.4, 0.5) is 4.39 Å². The maximum Gasteiger partial charge on any atom is 0.169 e. The molecular weight excluding hydrogens is 367 g/mol. The van der Waals surface area contributed by atoms with Crippen LogP contribution in [0.25, 0.3) is 10.2 Å². The fraction of sp³-hybridized carbons (Fsp3) is 0.0769. The van der Waals surface area contributed by atoms with Crippen molar-refractivity contribution in [3.63, 3.8) is 0 Å². The van der Waals surface area contributed by atoms with E-state index in [1.165, 1.54) is 23.5 Å². The molecule has 0 fully saturated rings. The lowest BCUT2D eigenvalue weighted by Crippen LogP contribution is -2.02. The smallest absolute Gasteiger partial charge is 0.169 e. The average Bonchev–Trinajstić information content (AvgIpc) is 2.86. The second-order valence-corrected chi connectivity index (χ2v) is 6.04. The Balaban J connectivity index is 1.82. The largest absolute Gasteiger partial charge is 0.484 e. The summed E-state index contributed by atoms with van der Waals surface area (Å²) < 4.78 is 19.1. The zero-order chi connectivity index (χ0) is 14.1. The van der Waals surface area contributed by atoms with Gasteiger partial charge in [-0.25, -0.2) is 14.4 Å². The fourth-order valence-corrected chi connectivity index (χ4v) is 3.21. The average molecular weight is 374 g/mol. The minimum Gasteiger partial charge on any atom is -0.484 e. The summed E-state index contributed by atoms with van der Waals surface area (Å²) in [5.74, 6) is 0.682. The molecule has 3 aromatic rings. The molecule has 20 heavy (non-hydrogen) atoms. The molecule has 1 aromatic carbocycles. The van der Waals surface area contributed by atoms with Crippen molar-refractivity contribution in [1.82, 2.24) is 9.97 Å². The molecule has 0 spiro atoms. The van der Waals surface area contributed by atoms with Crippen LogP contribution in [-0.2, 0) is 6.61 Å². The summed E-state index contributed by atoms with van der Waals surface area (Å²) in [6.45, 7) is 0.164. The highest BCUT2D eigenvalue weighted by molar-refractivity contribution is 9.10. The van der Waals surface area contributed by atoms with Gasteiger partial charge < -0.3 is 4.74 Å². The van der Waals surface area contributed by atoms with Crippen molar-refractivity contribution in [2.75, 3.05) is 0 Å².